The van der Waals surface area contributed by atoms with Crippen molar-refractivity contribution in [2.45, 2.75) is 54.4 Å². The smallest absolute Gasteiger partial charge is 0.0372 e. The molecule has 0 radical (unpaired) electrons. The van der Waals surface area contributed by atoms with Gasteiger partial charge in [-0.05, 0) is 29.9 Å². The van der Waals surface area contributed by atoms with Crippen molar-refractivity contribution in [2.24, 2.45) is 5.41 Å². The van der Waals surface area contributed by atoms with Crippen LogP contribution < -0.4 is 5.32 Å². The zero-order valence-electron chi connectivity index (χ0n) is 12.4. The normalized spacial score (nSPS) is 15.9. The van der Waals surface area contributed by atoms with Crippen molar-refractivity contribution in [1.82, 2.24) is 0 Å². The molecule has 0 saturated heterocycles. The minimum absolute atomic E-state index is 0.444. The molecule has 0 amide bonds. The second-order valence-corrected chi connectivity index (χ2v) is 4.67. The Hall–Kier alpha value is -0.980. The number of nitrogens with one attached hydrogen (secondary N) is 1. The number of hydrogen-bond acceptors (Lipinski definition) is 1. The summed E-state index contributed by atoms with van der Waals surface area (Å²) in [7, 11) is 0. The van der Waals surface area contributed by atoms with Gasteiger partial charge in [-0.1, -0.05) is 59.7 Å². The first-order valence-corrected chi connectivity index (χ1v) is 6.99. The Morgan fingerprint density at radius 1 is 1.00 bits per heavy atom. The van der Waals surface area contributed by atoms with Crippen LogP contribution in [-0.2, 0) is 6.42 Å². The van der Waals surface area contributed by atoms with Crippen molar-refractivity contribution >= 4 is 5.69 Å². The van der Waals surface area contributed by atoms with Crippen molar-refractivity contribution in [1.29, 1.82) is 0 Å². The van der Waals surface area contributed by atoms with E-state index >= 15 is 0 Å². The van der Waals surface area contributed by atoms with Crippen molar-refractivity contribution in [3.05, 3.63) is 29.8 Å². The van der Waals surface area contributed by atoms with Gasteiger partial charge in [0.05, 0.1) is 0 Å². The van der Waals surface area contributed by atoms with Gasteiger partial charge in [-0.15, -0.1) is 0 Å². The molecule has 0 atom stereocenters. The van der Waals surface area contributed by atoms with Gasteiger partial charge in [0, 0.05) is 12.2 Å². The Labute approximate surface area is 108 Å². The van der Waals surface area contributed by atoms with Crippen LogP contribution in [0.3, 0.4) is 0 Å². The van der Waals surface area contributed by atoms with E-state index in [0.29, 0.717) is 5.41 Å². The minimum atomic E-state index is 0.444. The predicted molar refractivity (Wildman–Crippen MR) is 79.7 cm³/mol. The molecule has 0 unspecified atom stereocenters. The Morgan fingerprint density at radius 2 is 1.59 bits per heavy atom. The van der Waals surface area contributed by atoms with Gasteiger partial charge in [0.2, 0.25) is 0 Å². The van der Waals surface area contributed by atoms with E-state index in [9.17, 15) is 0 Å². The van der Waals surface area contributed by atoms with Crippen molar-refractivity contribution in [3.63, 3.8) is 0 Å². The highest BCUT2D eigenvalue weighted by atomic mass is 14.9. The lowest BCUT2D eigenvalue weighted by Gasteiger charge is -2.21. The van der Waals surface area contributed by atoms with Crippen molar-refractivity contribution < 1.29 is 0 Å². The van der Waals surface area contributed by atoms with Crippen LogP contribution in [0.1, 0.15) is 53.5 Å². The van der Waals surface area contributed by atoms with E-state index in [1.165, 1.54) is 24.1 Å². The molecule has 1 heterocycles. The molecule has 2 rings (SSSR count). The first-order chi connectivity index (χ1) is 8.17. The maximum Gasteiger partial charge on any atom is 0.0372 e. The first kappa shape index (κ1) is 16.0. The summed E-state index contributed by atoms with van der Waals surface area (Å²) in [5, 5.41) is 3.48. The summed E-state index contributed by atoms with van der Waals surface area (Å²) < 4.78 is 0. The Balaban J connectivity index is 0.000000581. The van der Waals surface area contributed by atoms with Gasteiger partial charge in [0.15, 0.2) is 0 Å². The molecule has 0 aliphatic carbocycles. The number of rotatable bonds is 0. The minimum Gasteiger partial charge on any atom is -0.385 e. The standard InChI is InChI=1S/C12H17N.2C2H6/c1-12(2)7-8-13-11-6-4-3-5-10(11)9-12;2*1-2/h3-6,13H,7-9H2,1-2H3;2*1-2H3. The highest BCUT2D eigenvalue weighted by Gasteiger charge is 2.22. The van der Waals surface area contributed by atoms with Crippen LogP contribution in [0.15, 0.2) is 24.3 Å². The molecule has 0 spiro atoms. The molecule has 1 aromatic carbocycles. The van der Waals surface area contributed by atoms with Gasteiger partial charge in [0.1, 0.15) is 0 Å². The topological polar surface area (TPSA) is 12.0 Å². The van der Waals surface area contributed by atoms with E-state index in [-0.39, 0.29) is 0 Å². The zero-order valence-corrected chi connectivity index (χ0v) is 12.4. The lowest BCUT2D eigenvalue weighted by atomic mass is 9.83. The van der Waals surface area contributed by atoms with Crippen LogP contribution in [-0.4, -0.2) is 6.54 Å². The number of hydrogen-bond donors (Lipinski definition) is 1. The molecular weight excluding hydrogens is 206 g/mol. The Kier molecular flexibility index (Phi) is 7.69. The second kappa shape index (κ2) is 8.16. The maximum absolute atomic E-state index is 3.48. The Morgan fingerprint density at radius 3 is 2.24 bits per heavy atom. The molecule has 17 heavy (non-hydrogen) atoms. The molecule has 0 bridgehead atoms. The molecular formula is C16H29N. The van der Waals surface area contributed by atoms with E-state index in [1.54, 1.807) is 0 Å². The Bertz CT molecular complexity index is 302. The van der Waals surface area contributed by atoms with Crippen LogP contribution in [0.5, 0.6) is 0 Å². The average Bonchev–Trinajstić information content (AvgIpc) is 2.51. The summed E-state index contributed by atoms with van der Waals surface area (Å²) >= 11 is 0. The van der Waals surface area contributed by atoms with Crippen LogP contribution in [0.25, 0.3) is 0 Å². The molecule has 0 fully saturated rings. The number of anilines is 1. The highest BCUT2D eigenvalue weighted by molar-refractivity contribution is 5.52. The predicted octanol–water partition coefficient (Wildman–Crippen LogP) is 5.12. The number of para-hydroxylation sites is 1. The molecule has 0 aromatic heterocycles. The van der Waals surface area contributed by atoms with Crippen LogP contribution >= 0.6 is 0 Å². The highest BCUT2D eigenvalue weighted by Crippen LogP contribution is 2.32. The molecule has 98 valence electrons. The molecule has 1 nitrogen and oxygen atoms in total. The molecule has 1 heteroatoms. The largest absolute Gasteiger partial charge is 0.385 e. The summed E-state index contributed by atoms with van der Waals surface area (Å²) in [4.78, 5) is 0. The third kappa shape index (κ3) is 5.25. The van der Waals surface area contributed by atoms with Crippen LogP contribution in [0.4, 0.5) is 5.69 Å². The summed E-state index contributed by atoms with van der Waals surface area (Å²) in [5.41, 5.74) is 3.23. The average molecular weight is 235 g/mol. The summed E-state index contributed by atoms with van der Waals surface area (Å²) in [5.74, 6) is 0. The maximum atomic E-state index is 3.48. The van der Waals surface area contributed by atoms with E-state index in [0.717, 1.165) is 6.54 Å². The fourth-order valence-electron chi connectivity index (χ4n) is 1.99. The van der Waals surface area contributed by atoms with Gasteiger partial charge in [-0.3, -0.25) is 0 Å². The third-order valence-corrected chi connectivity index (χ3v) is 2.80. The summed E-state index contributed by atoms with van der Waals surface area (Å²) in [6.07, 6.45) is 2.44. The van der Waals surface area contributed by atoms with Crippen LogP contribution in [0, 0.1) is 5.41 Å². The van der Waals surface area contributed by atoms with Crippen molar-refractivity contribution in [3.8, 4) is 0 Å². The van der Waals surface area contributed by atoms with Gasteiger partial charge >= 0.3 is 0 Å². The molecule has 1 aliphatic rings. The first-order valence-electron chi connectivity index (χ1n) is 6.99. The fraction of sp³-hybridized carbons (Fsp3) is 0.625. The number of fused-ring (bicyclic) bond motifs is 1. The van der Waals surface area contributed by atoms with Gasteiger partial charge in [0.25, 0.3) is 0 Å². The summed E-state index contributed by atoms with van der Waals surface area (Å²) in [6.45, 7) is 13.8. The second-order valence-electron chi connectivity index (χ2n) is 4.67. The zero-order chi connectivity index (χ0) is 13.3. The van der Waals surface area contributed by atoms with Gasteiger partial charge in [-0.2, -0.15) is 0 Å². The van der Waals surface area contributed by atoms with E-state index in [1.807, 2.05) is 27.7 Å². The van der Waals surface area contributed by atoms with Gasteiger partial charge < -0.3 is 5.32 Å². The summed E-state index contributed by atoms with van der Waals surface area (Å²) in [6, 6.07) is 8.64. The molecule has 0 saturated carbocycles. The fourth-order valence-corrected chi connectivity index (χ4v) is 1.99. The molecule has 1 N–H and O–H groups in total. The van der Waals surface area contributed by atoms with Crippen molar-refractivity contribution in [2.75, 3.05) is 11.9 Å². The van der Waals surface area contributed by atoms with E-state index in [2.05, 4.69) is 43.4 Å². The van der Waals surface area contributed by atoms with Gasteiger partial charge in [-0.25, -0.2) is 0 Å². The monoisotopic (exact) mass is 235 g/mol. The van der Waals surface area contributed by atoms with E-state index in [4.69, 9.17) is 0 Å². The number of benzene rings is 1. The lowest BCUT2D eigenvalue weighted by molar-refractivity contribution is 0.349. The third-order valence-electron chi connectivity index (χ3n) is 2.80. The molecule has 1 aromatic rings. The van der Waals surface area contributed by atoms with E-state index < -0.39 is 0 Å². The SMILES string of the molecule is CC.CC.CC1(C)CCNc2ccccc2C1. The molecule has 1 aliphatic heterocycles. The quantitative estimate of drug-likeness (QED) is 0.658. The van der Waals surface area contributed by atoms with Crippen LogP contribution in [0.2, 0.25) is 0 Å². The lowest BCUT2D eigenvalue weighted by Crippen LogP contribution is -2.15.